The van der Waals surface area contributed by atoms with E-state index in [0.29, 0.717) is 11.1 Å². The number of nitrogens with zero attached hydrogens (tertiary/aromatic N) is 3. The van der Waals surface area contributed by atoms with Gasteiger partial charge < -0.3 is 5.32 Å². The van der Waals surface area contributed by atoms with Gasteiger partial charge in [0.25, 0.3) is 32.5 Å². The van der Waals surface area contributed by atoms with Gasteiger partial charge in [0.2, 0.25) is 0 Å². The minimum Gasteiger partial charge on any atom is -0.351 e. The molecule has 10 nitrogen and oxygen atoms in total. The second-order valence-electron chi connectivity index (χ2n) is 11.8. The first kappa shape index (κ1) is 37.8. The average molecular weight is 789 g/mol. The van der Waals surface area contributed by atoms with Crippen molar-refractivity contribution in [3.63, 3.8) is 0 Å². The Labute approximate surface area is 312 Å². The molecular weight excluding hydrogens is 765 g/mol. The predicted molar refractivity (Wildman–Crippen MR) is 195 cm³/mol. The lowest BCUT2D eigenvalue weighted by molar-refractivity contribution is 0.0956. The van der Waals surface area contributed by atoms with E-state index >= 15 is 4.39 Å². The number of fused-ring (bicyclic) bond motifs is 1. The van der Waals surface area contributed by atoms with Crippen molar-refractivity contribution in [3.8, 4) is 45.6 Å². The molecule has 0 aliphatic carbocycles. The van der Waals surface area contributed by atoms with Gasteiger partial charge in [-0.2, -0.15) is 18.9 Å². The molecule has 0 bridgehead atoms. The summed E-state index contributed by atoms with van der Waals surface area (Å²) in [6.07, 6.45) is -2.87. The number of nitrogens with one attached hydrogen (secondary N) is 1. The van der Waals surface area contributed by atoms with E-state index in [1.165, 1.54) is 42.5 Å². The Morgan fingerprint density at radius 1 is 0.833 bits per heavy atom. The van der Waals surface area contributed by atoms with Crippen molar-refractivity contribution in [2.24, 2.45) is 0 Å². The van der Waals surface area contributed by atoms with Gasteiger partial charge in [-0.15, -0.1) is 0 Å². The third-order valence-electron chi connectivity index (χ3n) is 8.44. The second kappa shape index (κ2) is 14.8. The van der Waals surface area contributed by atoms with Crippen LogP contribution in [0.1, 0.15) is 33.5 Å². The summed E-state index contributed by atoms with van der Waals surface area (Å²) in [5.74, 6) is -2.12. The predicted octanol–water partition coefficient (Wildman–Crippen LogP) is 7.97. The fourth-order valence-corrected chi connectivity index (χ4v) is 8.21. The Balaban J connectivity index is 1.62. The standard InChI is InChI=1S/C38H24ClF3N4O6S2/c39-32-18-25(38(47)45-15-16-53(48,49)50)9-13-30(32)23-3-1-4-24(17-23)36-35(34-26(20-43)5-2-6-27(34)21-44)31-19-28(40)10-14-33(31)46(36)54(51,52)29-11-7-22(8-12-29)37(41)42/h1-14,17-19,37H,15-16H2,(H,45,47)(H,48,49,50). The minimum absolute atomic E-state index is 0.0121. The number of rotatable bonds is 10. The zero-order chi connectivity index (χ0) is 38.9. The maximum atomic E-state index is 15.1. The molecule has 0 atom stereocenters. The van der Waals surface area contributed by atoms with Crippen molar-refractivity contribution in [2.75, 3.05) is 12.3 Å². The number of hydrogen-bond acceptors (Lipinski definition) is 7. The van der Waals surface area contributed by atoms with Gasteiger partial charge in [-0.3, -0.25) is 9.35 Å². The first-order valence-corrected chi connectivity index (χ1v) is 19.1. The summed E-state index contributed by atoms with van der Waals surface area (Å²) in [7, 11) is -8.99. The molecule has 1 aromatic heterocycles. The van der Waals surface area contributed by atoms with E-state index in [1.54, 1.807) is 24.3 Å². The highest BCUT2D eigenvalue weighted by Gasteiger charge is 2.31. The number of hydrogen-bond donors (Lipinski definition) is 2. The molecule has 0 unspecified atom stereocenters. The summed E-state index contributed by atoms with van der Waals surface area (Å²) in [6, 6.07) is 26.3. The van der Waals surface area contributed by atoms with E-state index in [4.69, 9.17) is 16.2 Å². The molecule has 5 aromatic carbocycles. The summed E-state index contributed by atoms with van der Waals surface area (Å²) in [5, 5.41) is 22.8. The molecule has 54 heavy (non-hydrogen) atoms. The van der Waals surface area contributed by atoms with Crippen LogP contribution < -0.4 is 5.32 Å². The fraction of sp³-hybridized carbons (Fsp3) is 0.0789. The monoisotopic (exact) mass is 788 g/mol. The molecule has 0 aliphatic heterocycles. The number of halogens is 4. The number of amides is 1. The van der Waals surface area contributed by atoms with Crippen molar-refractivity contribution < 1.29 is 39.4 Å². The highest BCUT2D eigenvalue weighted by Crippen LogP contribution is 2.46. The highest BCUT2D eigenvalue weighted by atomic mass is 35.5. The maximum absolute atomic E-state index is 15.1. The van der Waals surface area contributed by atoms with Gasteiger partial charge in [0.15, 0.2) is 0 Å². The van der Waals surface area contributed by atoms with Crippen LogP contribution in [0.3, 0.4) is 0 Å². The molecule has 2 N–H and O–H groups in total. The number of aromatic nitrogens is 1. The van der Waals surface area contributed by atoms with Gasteiger partial charge in [-0.1, -0.05) is 54.1 Å². The third kappa shape index (κ3) is 7.31. The summed E-state index contributed by atoms with van der Waals surface area (Å²) in [6.45, 7) is -0.360. The van der Waals surface area contributed by atoms with Gasteiger partial charge >= 0.3 is 0 Å². The molecule has 6 aromatic rings. The quantitative estimate of drug-likeness (QED) is 0.132. The van der Waals surface area contributed by atoms with E-state index in [-0.39, 0.29) is 66.4 Å². The van der Waals surface area contributed by atoms with Crippen LogP contribution >= 0.6 is 11.6 Å². The normalized spacial score (nSPS) is 11.7. The number of carbonyl (C=O) groups excluding carboxylic acids is 1. The van der Waals surface area contributed by atoms with Crippen LogP contribution in [0.15, 0.2) is 108 Å². The van der Waals surface area contributed by atoms with Crippen LogP contribution in [0.5, 0.6) is 0 Å². The molecule has 0 saturated carbocycles. The van der Waals surface area contributed by atoms with Crippen LogP contribution in [-0.2, 0) is 20.1 Å². The van der Waals surface area contributed by atoms with Crippen molar-refractivity contribution in [1.82, 2.24) is 9.29 Å². The first-order chi connectivity index (χ1) is 25.6. The van der Waals surface area contributed by atoms with Crippen LogP contribution in [0.2, 0.25) is 5.02 Å². The second-order valence-corrected chi connectivity index (χ2v) is 15.6. The van der Waals surface area contributed by atoms with Gasteiger partial charge in [-0.25, -0.2) is 25.6 Å². The van der Waals surface area contributed by atoms with Crippen LogP contribution in [-0.4, -0.2) is 43.6 Å². The van der Waals surface area contributed by atoms with Crippen molar-refractivity contribution >= 4 is 48.6 Å². The van der Waals surface area contributed by atoms with E-state index in [9.17, 15) is 40.9 Å². The molecule has 0 fully saturated rings. The zero-order valence-electron chi connectivity index (χ0n) is 27.5. The Morgan fingerprint density at radius 2 is 1.48 bits per heavy atom. The number of nitriles is 2. The summed E-state index contributed by atoms with van der Waals surface area (Å²) < 4.78 is 103. The molecule has 272 valence electrons. The topological polar surface area (TPSA) is 170 Å². The van der Waals surface area contributed by atoms with Crippen LogP contribution in [0.4, 0.5) is 13.2 Å². The van der Waals surface area contributed by atoms with E-state index in [0.717, 1.165) is 40.4 Å². The Kier molecular flexibility index (Phi) is 10.4. The first-order valence-electron chi connectivity index (χ1n) is 15.7. The maximum Gasteiger partial charge on any atom is 0.268 e. The van der Waals surface area contributed by atoms with Gasteiger partial charge in [0.05, 0.1) is 45.1 Å². The summed E-state index contributed by atoms with van der Waals surface area (Å²) in [4.78, 5) is 12.3. The Morgan fingerprint density at radius 3 is 2.09 bits per heavy atom. The van der Waals surface area contributed by atoms with E-state index in [1.807, 2.05) is 12.1 Å². The van der Waals surface area contributed by atoms with Crippen molar-refractivity contribution in [2.45, 2.75) is 11.3 Å². The van der Waals surface area contributed by atoms with E-state index in [2.05, 4.69) is 5.32 Å². The average Bonchev–Trinajstić information content (AvgIpc) is 3.48. The van der Waals surface area contributed by atoms with Crippen molar-refractivity contribution in [3.05, 3.63) is 136 Å². The number of alkyl halides is 2. The Bertz CT molecular complexity index is 2760. The smallest absolute Gasteiger partial charge is 0.268 e. The minimum atomic E-state index is -4.68. The SMILES string of the molecule is N#Cc1cccc(C#N)c1-c1c(-c2cccc(-c3ccc(C(=O)NCCS(=O)(=O)O)cc3Cl)c2)n(S(=O)(=O)c2ccc(C(F)F)cc2)c2ccc(F)cc12. The largest absolute Gasteiger partial charge is 0.351 e. The number of benzene rings is 5. The molecule has 6 rings (SSSR count). The Hall–Kier alpha value is -5.97. The molecule has 0 saturated heterocycles. The molecular formula is C38H24ClF3N4O6S2. The molecule has 1 heterocycles. The lowest BCUT2D eigenvalue weighted by Gasteiger charge is -2.16. The number of carbonyl (C=O) groups is 1. The fourth-order valence-electron chi connectivity index (χ4n) is 6.02. The molecule has 16 heteroatoms. The third-order valence-corrected chi connectivity index (χ3v) is 11.2. The van der Waals surface area contributed by atoms with Crippen LogP contribution in [0.25, 0.3) is 44.4 Å². The summed E-state index contributed by atoms with van der Waals surface area (Å²) in [5.41, 5.74) is 0.568. The van der Waals surface area contributed by atoms with Gasteiger partial charge in [0, 0.05) is 50.3 Å². The highest BCUT2D eigenvalue weighted by molar-refractivity contribution is 7.90. The lowest BCUT2D eigenvalue weighted by atomic mass is 9.90. The summed E-state index contributed by atoms with van der Waals surface area (Å²) >= 11 is 6.64. The lowest BCUT2D eigenvalue weighted by Crippen LogP contribution is -2.28. The molecule has 0 aliphatic rings. The van der Waals surface area contributed by atoms with Crippen molar-refractivity contribution in [1.29, 1.82) is 10.5 Å². The van der Waals surface area contributed by atoms with Gasteiger partial charge in [0.1, 0.15) is 5.82 Å². The van der Waals surface area contributed by atoms with E-state index < -0.39 is 49.6 Å². The van der Waals surface area contributed by atoms with Crippen LogP contribution in [0, 0.1) is 28.5 Å². The molecule has 0 spiro atoms. The van der Waals surface area contributed by atoms with Gasteiger partial charge in [-0.05, 0) is 66.2 Å². The molecule has 1 amide bonds. The zero-order valence-corrected chi connectivity index (χ0v) is 29.9. The molecule has 0 radical (unpaired) electrons.